The molecule has 1 aromatic carbocycles. The van der Waals surface area contributed by atoms with Gasteiger partial charge in [-0.2, -0.15) is 0 Å². The largest absolute Gasteiger partial charge is 0.350 e. The van der Waals surface area contributed by atoms with Gasteiger partial charge in [0.2, 0.25) is 11.8 Å². The van der Waals surface area contributed by atoms with E-state index in [1.165, 1.54) is 6.42 Å². The SMILES string of the molecule is CN[C@@H](C)C(=O)N[C@H](C(=O)N1CCN(C(=O)c2cn(C)c3c(C)cccc23)CC1)C1CCCCC1. The van der Waals surface area contributed by atoms with Crippen LogP contribution in [-0.4, -0.2) is 77.4 Å². The smallest absolute Gasteiger partial charge is 0.256 e. The molecule has 3 amide bonds. The molecule has 0 radical (unpaired) electrons. The van der Waals surface area contributed by atoms with Gasteiger partial charge in [0.25, 0.3) is 5.91 Å². The summed E-state index contributed by atoms with van der Waals surface area (Å²) < 4.78 is 2.02. The Labute approximate surface area is 208 Å². The van der Waals surface area contributed by atoms with E-state index in [0.717, 1.165) is 42.1 Å². The summed E-state index contributed by atoms with van der Waals surface area (Å²) in [6, 6.07) is 5.19. The number of nitrogens with zero attached hydrogens (tertiary/aromatic N) is 3. The Morgan fingerprint density at radius 1 is 1.00 bits per heavy atom. The van der Waals surface area contributed by atoms with Crippen molar-refractivity contribution in [3.8, 4) is 0 Å². The van der Waals surface area contributed by atoms with Gasteiger partial charge < -0.3 is 25.0 Å². The maximum absolute atomic E-state index is 13.6. The second-order valence-corrected chi connectivity index (χ2v) is 10.1. The van der Waals surface area contributed by atoms with E-state index in [0.29, 0.717) is 31.7 Å². The van der Waals surface area contributed by atoms with E-state index >= 15 is 0 Å². The third-order valence-electron chi connectivity index (χ3n) is 7.82. The molecule has 1 aliphatic heterocycles. The number of rotatable bonds is 6. The predicted octanol–water partition coefficient (Wildman–Crippen LogP) is 2.44. The van der Waals surface area contributed by atoms with Crippen LogP contribution in [0.1, 0.15) is 54.9 Å². The number of hydrogen-bond donors (Lipinski definition) is 2. The van der Waals surface area contributed by atoms with Crippen molar-refractivity contribution in [3.63, 3.8) is 0 Å². The minimum Gasteiger partial charge on any atom is -0.350 e. The van der Waals surface area contributed by atoms with Gasteiger partial charge in [0.15, 0.2) is 0 Å². The van der Waals surface area contributed by atoms with Crippen molar-refractivity contribution in [3.05, 3.63) is 35.5 Å². The number of para-hydroxylation sites is 1. The van der Waals surface area contributed by atoms with Crippen molar-refractivity contribution in [2.75, 3.05) is 33.2 Å². The minimum atomic E-state index is -0.498. The first kappa shape index (κ1) is 25.2. The summed E-state index contributed by atoms with van der Waals surface area (Å²) in [5, 5.41) is 6.97. The second-order valence-electron chi connectivity index (χ2n) is 10.1. The average Bonchev–Trinajstić information content (AvgIpc) is 3.23. The van der Waals surface area contributed by atoms with E-state index in [2.05, 4.69) is 23.6 Å². The van der Waals surface area contributed by atoms with Gasteiger partial charge in [-0.3, -0.25) is 14.4 Å². The Bertz CT molecular complexity index is 1080. The molecule has 8 heteroatoms. The van der Waals surface area contributed by atoms with Gasteiger partial charge in [-0.1, -0.05) is 37.5 Å². The highest BCUT2D eigenvalue weighted by Gasteiger charge is 2.36. The summed E-state index contributed by atoms with van der Waals surface area (Å²) in [6.07, 6.45) is 7.21. The van der Waals surface area contributed by atoms with Crippen LogP contribution < -0.4 is 10.6 Å². The molecule has 2 heterocycles. The summed E-state index contributed by atoms with van der Waals surface area (Å²) in [6.45, 7) is 5.80. The highest BCUT2D eigenvalue weighted by Crippen LogP contribution is 2.28. The number of carbonyl (C=O) groups is 3. The number of hydrogen-bond acceptors (Lipinski definition) is 4. The van der Waals surface area contributed by atoms with Gasteiger partial charge in [-0.05, 0) is 45.2 Å². The Morgan fingerprint density at radius 3 is 2.31 bits per heavy atom. The Hall–Kier alpha value is -2.87. The van der Waals surface area contributed by atoms with Crippen LogP contribution in [0.2, 0.25) is 0 Å². The summed E-state index contributed by atoms with van der Waals surface area (Å²) in [7, 11) is 3.71. The molecule has 8 nitrogen and oxygen atoms in total. The zero-order valence-electron chi connectivity index (χ0n) is 21.5. The molecule has 1 saturated heterocycles. The fourth-order valence-corrected chi connectivity index (χ4v) is 5.60. The molecule has 190 valence electrons. The molecule has 2 aromatic rings. The van der Waals surface area contributed by atoms with E-state index < -0.39 is 6.04 Å². The second kappa shape index (κ2) is 10.8. The van der Waals surface area contributed by atoms with E-state index in [1.54, 1.807) is 14.0 Å². The fourth-order valence-electron chi connectivity index (χ4n) is 5.60. The highest BCUT2D eigenvalue weighted by atomic mass is 16.2. The van der Waals surface area contributed by atoms with Crippen molar-refractivity contribution < 1.29 is 14.4 Å². The summed E-state index contributed by atoms with van der Waals surface area (Å²) in [5.41, 5.74) is 2.92. The molecule has 35 heavy (non-hydrogen) atoms. The molecule has 2 aliphatic rings. The first-order valence-corrected chi connectivity index (χ1v) is 12.9. The van der Waals surface area contributed by atoms with Crippen molar-refractivity contribution in [1.29, 1.82) is 0 Å². The van der Waals surface area contributed by atoms with Crippen LogP contribution in [0.5, 0.6) is 0 Å². The standard InChI is InChI=1S/C27H39N5O3/c1-18-9-8-12-21-22(17-30(4)24(18)21)26(34)31-13-15-32(16-14-31)27(35)23(20-10-6-5-7-11-20)29-25(33)19(2)28-3/h8-9,12,17,19-20,23,28H,5-7,10-11,13-16H2,1-4H3,(H,29,33)/t19-,23-/m0/s1. The number of likely N-dealkylation sites (N-methyl/N-ethyl adjacent to an activating group) is 1. The molecule has 0 spiro atoms. The molecule has 0 unspecified atom stereocenters. The van der Waals surface area contributed by atoms with Gasteiger partial charge in [0.1, 0.15) is 6.04 Å². The maximum Gasteiger partial charge on any atom is 0.256 e. The van der Waals surface area contributed by atoms with Crippen LogP contribution in [0.4, 0.5) is 0 Å². The number of fused-ring (bicyclic) bond motifs is 1. The maximum atomic E-state index is 13.6. The molecule has 4 rings (SSSR count). The lowest BCUT2D eigenvalue weighted by Gasteiger charge is -2.39. The van der Waals surface area contributed by atoms with Crippen LogP contribution in [0, 0.1) is 12.8 Å². The molecule has 1 saturated carbocycles. The lowest BCUT2D eigenvalue weighted by atomic mass is 9.83. The van der Waals surface area contributed by atoms with Crippen LogP contribution in [0.15, 0.2) is 24.4 Å². The highest BCUT2D eigenvalue weighted by molar-refractivity contribution is 6.07. The number of aromatic nitrogens is 1. The first-order valence-electron chi connectivity index (χ1n) is 12.9. The Balaban J connectivity index is 1.44. The summed E-state index contributed by atoms with van der Waals surface area (Å²) >= 11 is 0. The number of carbonyl (C=O) groups excluding carboxylic acids is 3. The normalized spacial score (nSPS) is 19.0. The van der Waals surface area contributed by atoms with Crippen molar-refractivity contribution in [2.24, 2.45) is 13.0 Å². The molecule has 2 fully saturated rings. The number of piperazine rings is 1. The van der Waals surface area contributed by atoms with Gasteiger partial charge in [-0.15, -0.1) is 0 Å². The minimum absolute atomic E-state index is 0.00766. The van der Waals surface area contributed by atoms with E-state index in [1.807, 2.05) is 39.7 Å². The van der Waals surface area contributed by atoms with Gasteiger partial charge >= 0.3 is 0 Å². The molecule has 1 aromatic heterocycles. The molecule has 2 N–H and O–H groups in total. The zero-order valence-corrected chi connectivity index (χ0v) is 21.5. The monoisotopic (exact) mass is 481 g/mol. The number of aryl methyl sites for hydroxylation is 2. The average molecular weight is 482 g/mol. The molecule has 0 bridgehead atoms. The molecular formula is C27H39N5O3. The Morgan fingerprint density at radius 2 is 1.66 bits per heavy atom. The third-order valence-corrected chi connectivity index (χ3v) is 7.82. The Kier molecular flexibility index (Phi) is 7.79. The van der Waals surface area contributed by atoms with E-state index in [4.69, 9.17) is 0 Å². The van der Waals surface area contributed by atoms with Crippen molar-refractivity contribution in [1.82, 2.24) is 25.0 Å². The number of amides is 3. The summed E-state index contributed by atoms with van der Waals surface area (Å²) in [4.78, 5) is 43.3. The van der Waals surface area contributed by atoms with Crippen molar-refractivity contribution in [2.45, 2.75) is 58.0 Å². The quantitative estimate of drug-likeness (QED) is 0.664. The molecular weight excluding hydrogens is 442 g/mol. The number of benzene rings is 1. The van der Waals surface area contributed by atoms with Crippen LogP contribution in [0.25, 0.3) is 10.9 Å². The van der Waals surface area contributed by atoms with E-state index in [9.17, 15) is 14.4 Å². The topological polar surface area (TPSA) is 86.7 Å². The molecule has 1 aliphatic carbocycles. The van der Waals surface area contributed by atoms with Gasteiger partial charge in [0, 0.05) is 44.8 Å². The van der Waals surface area contributed by atoms with Crippen LogP contribution >= 0.6 is 0 Å². The van der Waals surface area contributed by atoms with Gasteiger partial charge in [-0.25, -0.2) is 0 Å². The summed E-state index contributed by atoms with van der Waals surface area (Å²) in [5.74, 6) is 0.0223. The zero-order chi connectivity index (χ0) is 25.1. The lowest BCUT2D eigenvalue weighted by Crippen LogP contribution is -2.59. The lowest BCUT2D eigenvalue weighted by molar-refractivity contribution is -0.140. The van der Waals surface area contributed by atoms with Gasteiger partial charge in [0.05, 0.1) is 17.1 Å². The fraction of sp³-hybridized carbons (Fsp3) is 0.593. The first-order chi connectivity index (χ1) is 16.8. The van der Waals surface area contributed by atoms with Crippen LogP contribution in [-0.2, 0) is 16.6 Å². The van der Waals surface area contributed by atoms with Crippen molar-refractivity contribution >= 4 is 28.6 Å². The molecule has 2 atom stereocenters. The number of nitrogens with one attached hydrogen (secondary N) is 2. The predicted molar refractivity (Wildman–Crippen MR) is 137 cm³/mol. The van der Waals surface area contributed by atoms with E-state index in [-0.39, 0.29) is 29.7 Å². The van der Waals surface area contributed by atoms with Crippen LogP contribution in [0.3, 0.4) is 0 Å². The third kappa shape index (κ3) is 5.22.